The van der Waals surface area contributed by atoms with Crippen LogP contribution in [0.25, 0.3) is 0 Å². The van der Waals surface area contributed by atoms with Gasteiger partial charge in [-0.1, -0.05) is 18.2 Å². The molecule has 33 heavy (non-hydrogen) atoms. The number of phenolic OH excluding ortho intramolecular Hbond substituents is 2. The van der Waals surface area contributed by atoms with Crippen LogP contribution >= 0.6 is 0 Å². The molecule has 1 fully saturated rings. The van der Waals surface area contributed by atoms with Crippen LogP contribution in [0, 0.1) is 6.92 Å². The minimum atomic E-state index is -2.67. The largest absolute Gasteiger partial charge is 0.508 e. The average molecular weight is 457 g/mol. The number of rotatable bonds is 5. The van der Waals surface area contributed by atoms with Crippen molar-refractivity contribution in [2.75, 3.05) is 25.0 Å². The molecule has 0 saturated carbocycles. The van der Waals surface area contributed by atoms with Crippen molar-refractivity contribution in [2.24, 2.45) is 0 Å². The lowest BCUT2D eigenvalue weighted by molar-refractivity contribution is -0.111. The summed E-state index contributed by atoms with van der Waals surface area (Å²) in [7, 11) is 0. The van der Waals surface area contributed by atoms with Crippen molar-refractivity contribution in [3.63, 3.8) is 0 Å². The summed E-state index contributed by atoms with van der Waals surface area (Å²) < 4.78 is 26.5. The lowest BCUT2D eigenvalue weighted by atomic mass is 10.1. The summed E-state index contributed by atoms with van der Waals surface area (Å²) in [6.45, 7) is 2.47. The van der Waals surface area contributed by atoms with Gasteiger partial charge in [0.05, 0.1) is 12.1 Å². The number of amides is 2. The predicted octanol–water partition coefficient (Wildman–Crippen LogP) is 3.40. The summed E-state index contributed by atoms with van der Waals surface area (Å²) in [5.74, 6) is -3.82. The Balaban J connectivity index is 1.41. The van der Waals surface area contributed by atoms with Crippen LogP contribution in [0.2, 0.25) is 0 Å². The number of aromatic hydroxyl groups is 2. The predicted molar refractivity (Wildman–Crippen MR) is 118 cm³/mol. The van der Waals surface area contributed by atoms with Crippen LogP contribution in [0.5, 0.6) is 11.5 Å². The highest BCUT2D eigenvalue weighted by Crippen LogP contribution is 2.33. The highest BCUT2D eigenvalue weighted by molar-refractivity contribution is 6.00. The zero-order valence-electron chi connectivity index (χ0n) is 18.1. The number of fused-ring (bicyclic) bond motifs is 1. The third-order valence-electron chi connectivity index (χ3n) is 5.95. The monoisotopic (exact) mass is 457 g/mol. The molecule has 0 unspecified atom stereocenters. The Morgan fingerprint density at radius 2 is 1.97 bits per heavy atom. The Bertz CT molecular complexity index is 1130. The minimum Gasteiger partial charge on any atom is -0.508 e. The van der Waals surface area contributed by atoms with Gasteiger partial charge in [0.15, 0.2) is 0 Å². The number of halogens is 2. The quantitative estimate of drug-likeness (QED) is 0.599. The second-order valence-electron chi connectivity index (χ2n) is 8.49. The SMILES string of the molecule is Cc1cc(C(=O)N2Cc3cccc(NC(=O)/C=C/CN4CCC(F)(F)C4)c3C2)c(O)cc1O. The van der Waals surface area contributed by atoms with Gasteiger partial charge in [0.25, 0.3) is 11.8 Å². The normalized spacial score (nSPS) is 17.5. The summed E-state index contributed by atoms with van der Waals surface area (Å²) in [6, 6.07) is 7.97. The van der Waals surface area contributed by atoms with Gasteiger partial charge in [-0.25, -0.2) is 8.78 Å². The van der Waals surface area contributed by atoms with Crippen molar-refractivity contribution >= 4 is 17.5 Å². The van der Waals surface area contributed by atoms with E-state index in [0.717, 1.165) is 17.2 Å². The number of carbonyl (C=O) groups is 2. The topological polar surface area (TPSA) is 93.1 Å². The fourth-order valence-corrected chi connectivity index (χ4v) is 4.16. The van der Waals surface area contributed by atoms with Crippen LogP contribution in [0.15, 0.2) is 42.5 Å². The minimum absolute atomic E-state index is 0.0924. The number of likely N-dealkylation sites (tertiary alicyclic amines) is 1. The first kappa shape index (κ1) is 22.7. The molecular formula is C24H25F2N3O4. The molecule has 9 heteroatoms. The van der Waals surface area contributed by atoms with Gasteiger partial charge >= 0.3 is 0 Å². The Morgan fingerprint density at radius 3 is 2.70 bits per heavy atom. The van der Waals surface area contributed by atoms with Gasteiger partial charge in [0.2, 0.25) is 5.91 Å². The Morgan fingerprint density at radius 1 is 1.18 bits per heavy atom. The van der Waals surface area contributed by atoms with E-state index in [2.05, 4.69) is 5.32 Å². The zero-order valence-corrected chi connectivity index (χ0v) is 18.1. The molecule has 0 bridgehead atoms. The van der Waals surface area contributed by atoms with Crippen molar-refractivity contribution in [2.45, 2.75) is 32.4 Å². The highest BCUT2D eigenvalue weighted by atomic mass is 19.3. The van der Waals surface area contributed by atoms with E-state index in [9.17, 15) is 28.6 Å². The van der Waals surface area contributed by atoms with E-state index in [4.69, 9.17) is 0 Å². The van der Waals surface area contributed by atoms with Crippen molar-refractivity contribution in [3.8, 4) is 11.5 Å². The summed E-state index contributed by atoms with van der Waals surface area (Å²) in [6.07, 6.45) is 2.72. The summed E-state index contributed by atoms with van der Waals surface area (Å²) >= 11 is 0. The standard InChI is InChI=1S/C24H25F2N3O4/c1-15-10-17(21(31)11-20(15)30)23(33)29-12-16-4-2-5-19(18(16)13-29)27-22(32)6-3-8-28-9-7-24(25,26)14-28/h2-6,10-11,30-31H,7-9,12-14H2,1H3,(H,27,32)/b6-3+. The molecule has 4 rings (SSSR count). The highest BCUT2D eigenvalue weighted by Gasteiger charge is 2.37. The third-order valence-corrected chi connectivity index (χ3v) is 5.95. The first-order valence-corrected chi connectivity index (χ1v) is 10.6. The van der Waals surface area contributed by atoms with E-state index in [1.807, 2.05) is 6.07 Å². The van der Waals surface area contributed by atoms with Gasteiger partial charge in [-0.2, -0.15) is 0 Å². The molecule has 2 aliphatic heterocycles. The number of alkyl halides is 2. The number of anilines is 1. The summed E-state index contributed by atoms with van der Waals surface area (Å²) in [4.78, 5) is 28.5. The van der Waals surface area contributed by atoms with E-state index >= 15 is 0 Å². The Labute approximate surface area is 189 Å². The molecule has 174 valence electrons. The van der Waals surface area contributed by atoms with E-state index in [0.29, 0.717) is 24.3 Å². The number of aryl methyl sites for hydroxylation is 1. The maximum Gasteiger partial charge on any atom is 0.261 e. The number of nitrogens with one attached hydrogen (secondary N) is 1. The first-order valence-electron chi connectivity index (χ1n) is 10.6. The van der Waals surface area contributed by atoms with Crippen LogP contribution in [-0.4, -0.2) is 57.4 Å². The van der Waals surface area contributed by atoms with Crippen LogP contribution in [-0.2, 0) is 17.9 Å². The zero-order chi connectivity index (χ0) is 23.8. The van der Waals surface area contributed by atoms with Gasteiger partial charge in [-0.3, -0.25) is 14.5 Å². The number of carbonyl (C=O) groups excluding carboxylic acids is 2. The number of nitrogens with zero attached hydrogens (tertiary/aromatic N) is 2. The Kier molecular flexibility index (Phi) is 6.07. The number of hydrogen-bond donors (Lipinski definition) is 3. The molecule has 3 N–H and O–H groups in total. The number of hydrogen-bond acceptors (Lipinski definition) is 5. The van der Waals surface area contributed by atoms with Gasteiger partial charge in [0.1, 0.15) is 11.5 Å². The Hall–Kier alpha value is -3.46. The van der Waals surface area contributed by atoms with Gasteiger partial charge in [0, 0.05) is 56.0 Å². The number of benzene rings is 2. The fraction of sp³-hybridized carbons (Fsp3) is 0.333. The van der Waals surface area contributed by atoms with Crippen LogP contribution < -0.4 is 5.32 Å². The van der Waals surface area contributed by atoms with E-state index in [-0.39, 0.29) is 54.9 Å². The second kappa shape index (κ2) is 8.82. The van der Waals surface area contributed by atoms with Crippen LogP contribution in [0.4, 0.5) is 14.5 Å². The molecule has 2 aromatic carbocycles. The maximum absolute atomic E-state index is 13.3. The smallest absolute Gasteiger partial charge is 0.261 e. The maximum atomic E-state index is 13.3. The first-order chi connectivity index (χ1) is 15.6. The van der Waals surface area contributed by atoms with Crippen LogP contribution in [0.1, 0.15) is 33.5 Å². The van der Waals surface area contributed by atoms with Gasteiger partial charge in [-0.15, -0.1) is 0 Å². The van der Waals surface area contributed by atoms with Crippen molar-refractivity contribution < 1.29 is 28.6 Å². The molecule has 1 saturated heterocycles. The van der Waals surface area contributed by atoms with Crippen molar-refractivity contribution in [1.29, 1.82) is 0 Å². The van der Waals surface area contributed by atoms with Gasteiger partial charge in [-0.05, 0) is 30.2 Å². The fourth-order valence-electron chi connectivity index (χ4n) is 4.16. The molecule has 0 spiro atoms. The van der Waals surface area contributed by atoms with Gasteiger partial charge < -0.3 is 20.4 Å². The van der Waals surface area contributed by atoms with E-state index in [1.165, 1.54) is 12.1 Å². The summed E-state index contributed by atoms with van der Waals surface area (Å²) in [5, 5.41) is 22.6. The molecule has 0 atom stereocenters. The molecule has 0 aromatic heterocycles. The third kappa shape index (κ3) is 4.98. The molecule has 0 radical (unpaired) electrons. The lowest BCUT2D eigenvalue weighted by Gasteiger charge is -2.17. The second-order valence-corrected chi connectivity index (χ2v) is 8.49. The molecule has 2 amide bonds. The van der Waals surface area contributed by atoms with Crippen molar-refractivity contribution in [1.82, 2.24) is 9.80 Å². The molecule has 0 aliphatic carbocycles. The van der Waals surface area contributed by atoms with Crippen molar-refractivity contribution in [3.05, 3.63) is 64.7 Å². The molecular weight excluding hydrogens is 432 g/mol. The molecule has 2 aromatic rings. The average Bonchev–Trinajstić information content (AvgIpc) is 3.34. The van der Waals surface area contributed by atoms with Crippen LogP contribution in [0.3, 0.4) is 0 Å². The lowest BCUT2D eigenvalue weighted by Crippen LogP contribution is -2.25. The molecule has 2 heterocycles. The summed E-state index contributed by atoms with van der Waals surface area (Å²) in [5.41, 5.74) is 2.81. The molecule has 2 aliphatic rings. The van der Waals surface area contributed by atoms with E-state index in [1.54, 1.807) is 34.9 Å². The molecule has 7 nitrogen and oxygen atoms in total. The number of phenols is 2. The van der Waals surface area contributed by atoms with E-state index < -0.39 is 5.92 Å².